The fourth-order valence-corrected chi connectivity index (χ4v) is 9.50. The van der Waals surface area contributed by atoms with Gasteiger partial charge in [-0.2, -0.15) is 0 Å². The van der Waals surface area contributed by atoms with E-state index in [0.29, 0.717) is 25.3 Å². The summed E-state index contributed by atoms with van der Waals surface area (Å²) in [6, 6.07) is 20.9. The van der Waals surface area contributed by atoms with E-state index >= 15 is 0 Å². The van der Waals surface area contributed by atoms with Crippen molar-refractivity contribution < 1.29 is 28.4 Å². The number of anilines is 3. The van der Waals surface area contributed by atoms with Crippen molar-refractivity contribution in [1.82, 2.24) is 40.0 Å². The van der Waals surface area contributed by atoms with Gasteiger partial charge >= 0.3 is 0 Å². The van der Waals surface area contributed by atoms with Gasteiger partial charge in [-0.25, -0.2) is 18.9 Å². The van der Waals surface area contributed by atoms with Gasteiger partial charge in [0.25, 0.3) is 11.8 Å². The van der Waals surface area contributed by atoms with E-state index in [0.717, 1.165) is 123 Å². The maximum absolute atomic E-state index is 14.1. The number of pyridine rings is 1. The minimum Gasteiger partial charge on any atom is -0.384 e. The van der Waals surface area contributed by atoms with Gasteiger partial charge in [-0.05, 0) is 86.2 Å². The zero-order valence-corrected chi connectivity index (χ0v) is 36.4. The number of piperidine rings is 1. The molecule has 3 fully saturated rings. The first kappa shape index (κ1) is 43.5. The number of halogens is 1. The molecular weight excluding hydrogens is 830 g/mol. The molecule has 3 N–H and O–H groups in total. The second-order valence-corrected chi connectivity index (χ2v) is 17.2. The lowest BCUT2D eigenvalue weighted by Crippen LogP contribution is -2.54. The van der Waals surface area contributed by atoms with Crippen molar-refractivity contribution in [3.8, 4) is 11.4 Å². The highest BCUT2D eigenvalue weighted by Gasteiger charge is 2.45. The highest BCUT2D eigenvalue weighted by Crippen LogP contribution is 2.36. The number of hydrogen-bond donors (Lipinski definition) is 3. The first-order chi connectivity index (χ1) is 31.7. The average Bonchev–Trinajstić information content (AvgIpc) is 4.04. The average molecular weight is 884 g/mol. The molecule has 16 nitrogen and oxygen atoms in total. The Morgan fingerprint density at radius 1 is 0.785 bits per heavy atom. The van der Waals surface area contributed by atoms with Crippen LogP contribution in [0.3, 0.4) is 0 Å². The normalized spacial score (nSPS) is 19.0. The Labute approximate surface area is 376 Å². The number of rotatable bonds is 17. The topological polar surface area (TPSA) is 177 Å². The van der Waals surface area contributed by atoms with Crippen LogP contribution in [0.1, 0.15) is 96.5 Å². The van der Waals surface area contributed by atoms with E-state index in [1.165, 1.54) is 6.07 Å². The number of benzene rings is 2. The Morgan fingerprint density at radius 2 is 1.57 bits per heavy atom. The number of carbonyl (C=O) groups is 5. The third-order valence-corrected chi connectivity index (χ3v) is 12.9. The first-order valence-corrected chi connectivity index (χ1v) is 22.9. The van der Waals surface area contributed by atoms with Crippen molar-refractivity contribution in [2.45, 2.75) is 76.3 Å². The largest absolute Gasteiger partial charge is 0.384 e. The van der Waals surface area contributed by atoms with Crippen LogP contribution in [-0.4, -0.2) is 117 Å². The van der Waals surface area contributed by atoms with Crippen molar-refractivity contribution >= 4 is 52.5 Å². The third-order valence-electron chi connectivity index (χ3n) is 12.9. The third kappa shape index (κ3) is 9.55. The molecule has 9 rings (SSSR count). The minimum absolute atomic E-state index is 0.0353. The van der Waals surface area contributed by atoms with Gasteiger partial charge < -0.3 is 20.4 Å². The van der Waals surface area contributed by atoms with Crippen LogP contribution in [0.15, 0.2) is 79.0 Å². The van der Waals surface area contributed by atoms with Gasteiger partial charge in [0.15, 0.2) is 5.65 Å². The highest BCUT2D eigenvalue weighted by molar-refractivity contribution is 6.25. The Bertz CT molecular complexity index is 2590. The monoisotopic (exact) mass is 883 g/mol. The number of nitrogens with zero attached hydrogens (tertiary/aromatic N) is 8. The number of amides is 5. The summed E-state index contributed by atoms with van der Waals surface area (Å²) in [5, 5.41) is 13.6. The SMILES string of the molecule is O=C(CN1CCN(c2cccc(-c3cnc4ccc(N5CCCC5c5cccc(F)c5)nn34)n2)CC1)NCCCCCCCCNc1cccc2c1C(=O)N(C1CCC(=O)NC1=O)C2=O. The molecule has 2 aromatic carbocycles. The van der Waals surface area contributed by atoms with Crippen molar-refractivity contribution in [2.24, 2.45) is 0 Å². The molecular formula is C48H54FN11O5. The zero-order valence-electron chi connectivity index (χ0n) is 36.4. The molecule has 0 bridgehead atoms. The van der Waals surface area contributed by atoms with Crippen LogP contribution in [0.2, 0.25) is 0 Å². The van der Waals surface area contributed by atoms with Gasteiger partial charge in [0.1, 0.15) is 29.2 Å². The Balaban J connectivity index is 0.668. The van der Waals surface area contributed by atoms with Crippen LogP contribution >= 0.6 is 0 Å². The van der Waals surface area contributed by atoms with Crippen LogP contribution < -0.4 is 25.8 Å². The fraction of sp³-hybridized carbons (Fsp3) is 0.417. The summed E-state index contributed by atoms with van der Waals surface area (Å²) >= 11 is 0. The van der Waals surface area contributed by atoms with Gasteiger partial charge in [0, 0.05) is 57.9 Å². The summed E-state index contributed by atoms with van der Waals surface area (Å²) in [7, 11) is 0. The summed E-state index contributed by atoms with van der Waals surface area (Å²) in [5.74, 6) is -0.564. The minimum atomic E-state index is -0.991. The lowest BCUT2D eigenvalue weighted by molar-refractivity contribution is -0.136. The molecule has 2 atom stereocenters. The summed E-state index contributed by atoms with van der Waals surface area (Å²) in [6.45, 7) is 5.47. The second kappa shape index (κ2) is 19.6. The van der Waals surface area contributed by atoms with Crippen LogP contribution in [0.5, 0.6) is 0 Å². The van der Waals surface area contributed by atoms with Crippen molar-refractivity contribution in [1.29, 1.82) is 0 Å². The molecule has 65 heavy (non-hydrogen) atoms. The number of hydrogen-bond acceptors (Lipinski definition) is 12. The number of unbranched alkanes of at least 4 members (excludes halogenated alkanes) is 5. The van der Waals surface area contributed by atoms with E-state index in [1.54, 1.807) is 36.5 Å². The number of piperazine rings is 1. The predicted octanol–water partition coefficient (Wildman–Crippen LogP) is 5.36. The van der Waals surface area contributed by atoms with Gasteiger partial charge in [0.05, 0.1) is 35.6 Å². The van der Waals surface area contributed by atoms with Gasteiger partial charge in [-0.15, -0.1) is 5.10 Å². The zero-order chi connectivity index (χ0) is 44.9. The number of imide groups is 2. The maximum Gasteiger partial charge on any atom is 0.264 e. The molecule has 0 aliphatic carbocycles. The molecule has 0 radical (unpaired) electrons. The summed E-state index contributed by atoms with van der Waals surface area (Å²) in [6.07, 6.45) is 9.83. The van der Waals surface area contributed by atoms with Gasteiger partial charge in [-0.3, -0.25) is 39.1 Å². The van der Waals surface area contributed by atoms with E-state index in [1.807, 2.05) is 40.9 Å². The Hall–Kier alpha value is -6.75. The van der Waals surface area contributed by atoms with Crippen LogP contribution in [-0.2, 0) is 14.4 Å². The summed E-state index contributed by atoms with van der Waals surface area (Å²) < 4.78 is 15.9. The molecule has 7 heterocycles. The molecule has 2 unspecified atom stereocenters. The van der Waals surface area contributed by atoms with Crippen LogP contribution in [0.25, 0.3) is 17.0 Å². The predicted molar refractivity (Wildman–Crippen MR) is 243 cm³/mol. The van der Waals surface area contributed by atoms with Gasteiger partial charge in [0.2, 0.25) is 17.7 Å². The van der Waals surface area contributed by atoms with E-state index in [-0.39, 0.29) is 41.7 Å². The fourth-order valence-electron chi connectivity index (χ4n) is 9.50. The quantitative estimate of drug-likeness (QED) is 0.0806. The molecule has 0 saturated carbocycles. The first-order valence-electron chi connectivity index (χ1n) is 22.9. The molecule has 3 aromatic heterocycles. The Kier molecular flexibility index (Phi) is 13.1. The molecule has 5 aromatic rings. The standard InChI is InChI=1S/C48H54FN11O5/c49-33-12-7-11-32(29-33)37-16-10-24-58(37)42-20-19-40-52-30-39(60(40)55-42)35-14-9-17-41(53-35)57-27-25-56(26-28-57)31-44(62)51-23-6-4-2-1-3-5-22-50-36-15-8-13-34-45(36)48(65)59(47(34)64)38-18-21-43(61)54-46(38)63/h7-9,11-15,17,19-20,29-30,37-38,50H,1-6,10,16,18,21-28,31H2,(H,51,62)(H,54,61,63). The van der Waals surface area contributed by atoms with E-state index in [9.17, 15) is 28.4 Å². The molecule has 338 valence electrons. The van der Waals surface area contributed by atoms with Crippen molar-refractivity contribution in [2.75, 3.05) is 67.5 Å². The molecule has 3 saturated heterocycles. The summed E-state index contributed by atoms with van der Waals surface area (Å²) in [4.78, 5) is 80.6. The van der Waals surface area contributed by atoms with Gasteiger partial charge in [-0.1, -0.05) is 49.9 Å². The van der Waals surface area contributed by atoms with E-state index < -0.39 is 29.7 Å². The highest BCUT2D eigenvalue weighted by atomic mass is 19.1. The lowest BCUT2D eigenvalue weighted by Gasteiger charge is -2.35. The van der Waals surface area contributed by atoms with Crippen LogP contribution in [0.4, 0.5) is 21.7 Å². The molecule has 4 aliphatic rings. The number of fused-ring (bicyclic) bond motifs is 2. The van der Waals surface area contributed by atoms with E-state index in [4.69, 9.17) is 10.1 Å². The molecule has 0 spiro atoms. The van der Waals surface area contributed by atoms with Crippen LogP contribution in [0, 0.1) is 5.82 Å². The number of carbonyl (C=O) groups excluding carboxylic acids is 5. The Morgan fingerprint density at radius 3 is 2.38 bits per heavy atom. The van der Waals surface area contributed by atoms with E-state index in [2.05, 4.69) is 35.6 Å². The molecule has 5 amide bonds. The summed E-state index contributed by atoms with van der Waals surface area (Å²) in [5.41, 5.74) is 4.35. The number of nitrogens with one attached hydrogen (secondary N) is 3. The maximum atomic E-state index is 14.1. The number of imidazole rings is 1. The molecule has 17 heteroatoms. The van der Waals surface area contributed by atoms with Crippen molar-refractivity contribution in [3.63, 3.8) is 0 Å². The van der Waals surface area contributed by atoms with Crippen molar-refractivity contribution in [3.05, 3.63) is 102 Å². The molecule has 4 aliphatic heterocycles. The second-order valence-electron chi connectivity index (χ2n) is 17.2. The lowest BCUT2D eigenvalue weighted by atomic mass is 10.0. The smallest absolute Gasteiger partial charge is 0.264 e. The number of aromatic nitrogens is 4.